The third-order valence-corrected chi connectivity index (χ3v) is 2.64. The van der Waals surface area contributed by atoms with Gasteiger partial charge >= 0.3 is 0 Å². The molecule has 0 unspecified atom stereocenters. The van der Waals surface area contributed by atoms with E-state index in [-0.39, 0.29) is 0 Å². The Morgan fingerprint density at radius 1 is 1.21 bits per heavy atom. The fraction of sp³-hybridized carbons (Fsp3) is 0.143. The van der Waals surface area contributed by atoms with Gasteiger partial charge in [-0.1, -0.05) is 11.6 Å². The van der Waals surface area contributed by atoms with Gasteiger partial charge < -0.3 is 10.1 Å². The minimum atomic E-state index is 0.517. The standard InChI is InChI=1S/C14H12ClN3O/c15-12-2-4-13(5-3-12)19-8-7-17-14-6-1-11(9-16)10-18-14/h1-6,10H,7-8H2,(H,17,18). The molecule has 0 aliphatic heterocycles. The van der Waals surface area contributed by atoms with Gasteiger partial charge in [-0.05, 0) is 36.4 Å². The van der Waals surface area contributed by atoms with Gasteiger partial charge in [0.25, 0.3) is 0 Å². The molecule has 0 aliphatic rings. The van der Waals surface area contributed by atoms with E-state index in [9.17, 15) is 0 Å². The van der Waals surface area contributed by atoms with E-state index in [0.29, 0.717) is 23.7 Å². The van der Waals surface area contributed by atoms with Gasteiger partial charge in [0.05, 0.1) is 12.1 Å². The molecule has 0 fully saturated rings. The average molecular weight is 274 g/mol. The van der Waals surface area contributed by atoms with Crippen LogP contribution in [0.2, 0.25) is 5.02 Å². The van der Waals surface area contributed by atoms with Crippen LogP contribution in [-0.4, -0.2) is 18.1 Å². The Balaban J connectivity index is 1.74. The van der Waals surface area contributed by atoms with Crippen molar-refractivity contribution in [2.24, 2.45) is 0 Å². The molecule has 0 saturated heterocycles. The maximum Gasteiger partial charge on any atom is 0.126 e. The van der Waals surface area contributed by atoms with Crippen molar-refractivity contribution in [1.29, 1.82) is 5.26 Å². The van der Waals surface area contributed by atoms with Gasteiger partial charge in [-0.15, -0.1) is 0 Å². The minimum Gasteiger partial charge on any atom is -0.492 e. The summed E-state index contributed by atoms with van der Waals surface area (Å²) in [6.45, 7) is 1.14. The van der Waals surface area contributed by atoms with Crippen LogP contribution in [0, 0.1) is 11.3 Å². The maximum atomic E-state index is 8.65. The van der Waals surface area contributed by atoms with Crippen molar-refractivity contribution in [2.75, 3.05) is 18.5 Å². The largest absolute Gasteiger partial charge is 0.492 e. The first-order valence-electron chi connectivity index (χ1n) is 5.76. The Bertz CT molecular complexity index is 561. The number of rotatable bonds is 5. The second-order valence-corrected chi connectivity index (χ2v) is 4.21. The zero-order valence-corrected chi connectivity index (χ0v) is 10.9. The summed E-state index contributed by atoms with van der Waals surface area (Å²) in [6, 6.07) is 12.7. The van der Waals surface area contributed by atoms with Gasteiger partial charge in [-0.25, -0.2) is 4.98 Å². The second-order valence-electron chi connectivity index (χ2n) is 3.77. The average Bonchev–Trinajstić information content (AvgIpc) is 2.46. The fourth-order valence-electron chi connectivity index (χ4n) is 1.44. The van der Waals surface area contributed by atoms with Gasteiger partial charge in [-0.2, -0.15) is 5.26 Å². The lowest BCUT2D eigenvalue weighted by Gasteiger charge is -2.08. The highest BCUT2D eigenvalue weighted by molar-refractivity contribution is 6.30. The molecule has 2 rings (SSSR count). The molecule has 19 heavy (non-hydrogen) atoms. The molecule has 5 heteroatoms. The van der Waals surface area contributed by atoms with E-state index >= 15 is 0 Å². The van der Waals surface area contributed by atoms with Gasteiger partial charge in [0.15, 0.2) is 0 Å². The van der Waals surface area contributed by atoms with Crippen LogP contribution in [-0.2, 0) is 0 Å². The maximum absolute atomic E-state index is 8.65. The first kappa shape index (κ1) is 13.2. The van der Waals surface area contributed by atoms with Crippen LogP contribution in [0.15, 0.2) is 42.6 Å². The van der Waals surface area contributed by atoms with Crippen LogP contribution in [0.5, 0.6) is 5.75 Å². The molecule has 0 amide bonds. The molecular formula is C14H12ClN3O. The Morgan fingerprint density at radius 3 is 2.63 bits per heavy atom. The summed E-state index contributed by atoms with van der Waals surface area (Å²) in [5, 5.41) is 12.4. The normalized spacial score (nSPS) is 9.68. The summed E-state index contributed by atoms with van der Waals surface area (Å²) in [7, 11) is 0. The molecule has 2 aromatic rings. The first-order valence-corrected chi connectivity index (χ1v) is 6.14. The Hall–Kier alpha value is -2.25. The molecule has 0 radical (unpaired) electrons. The Kier molecular flexibility index (Phi) is 4.60. The zero-order valence-electron chi connectivity index (χ0n) is 10.1. The summed E-state index contributed by atoms with van der Waals surface area (Å²) in [5.41, 5.74) is 0.544. The molecule has 1 aromatic carbocycles. The van der Waals surface area contributed by atoms with E-state index in [0.717, 1.165) is 11.6 Å². The molecule has 0 aliphatic carbocycles. The van der Waals surface area contributed by atoms with Crippen molar-refractivity contribution in [2.45, 2.75) is 0 Å². The van der Waals surface area contributed by atoms with Crippen molar-refractivity contribution >= 4 is 17.4 Å². The number of nitriles is 1. The third-order valence-electron chi connectivity index (χ3n) is 2.38. The molecular weight excluding hydrogens is 262 g/mol. The lowest BCUT2D eigenvalue weighted by Crippen LogP contribution is -2.12. The second kappa shape index (κ2) is 6.62. The summed E-state index contributed by atoms with van der Waals surface area (Å²) >= 11 is 5.78. The number of nitrogens with zero attached hydrogens (tertiary/aromatic N) is 2. The quantitative estimate of drug-likeness (QED) is 0.851. The number of nitrogens with one attached hydrogen (secondary N) is 1. The van der Waals surface area contributed by atoms with E-state index in [1.165, 1.54) is 6.20 Å². The van der Waals surface area contributed by atoms with Gasteiger partial charge in [0.1, 0.15) is 24.2 Å². The minimum absolute atomic E-state index is 0.517. The van der Waals surface area contributed by atoms with E-state index in [1.807, 2.05) is 18.2 Å². The van der Waals surface area contributed by atoms with Crippen molar-refractivity contribution in [3.63, 3.8) is 0 Å². The van der Waals surface area contributed by atoms with Crippen LogP contribution in [0.25, 0.3) is 0 Å². The van der Waals surface area contributed by atoms with E-state index < -0.39 is 0 Å². The zero-order chi connectivity index (χ0) is 13.5. The van der Waals surface area contributed by atoms with Crippen LogP contribution >= 0.6 is 11.6 Å². The number of ether oxygens (including phenoxy) is 1. The molecule has 0 bridgehead atoms. The fourth-order valence-corrected chi connectivity index (χ4v) is 1.57. The van der Waals surface area contributed by atoms with Gasteiger partial charge in [0.2, 0.25) is 0 Å². The summed E-state index contributed by atoms with van der Waals surface area (Å²) < 4.78 is 5.53. The molecule has 0 spiro atoms. The van der Waals surface area contributed by atoms with E-state index in [2.05, 4.69) is 10.3 Å². The van der Waals surface area contributed by atoms with Crippen LogP contribution < -0.4 is 10.1 Å². The highest BCUT2D eigenvalue weighted by Gasteiger charge is 1.96. The molecule has 4 nitrogen and oxygen atoms in total. The number of anilines is 1. The van der Waals surface area contributed by atoms with Crippen molar-refractivity contribution in [3.8, 4) is 11.8 Å². The van der Waals surface area contributed by atoms with E-state index in [4.69, 9.17) is 21.6 Å². The number of benzene rings is 1. The summed E-state index contributed by atoms with van der Waals surface area (Å²) in [5.74, 6) is 1.50. The first-order chi connectivity index (χ1) is 9.28. The SMILES string of the molecule is N#Cc1ccc(NCCOc2ccc(Cl)cc2)nc1. The molecule has 0 saturated carbocycles. The van der Waals surface area contributed by atoms with E-state index in [1.54, 1.807) is 24.3 Å². The van der Waals surface area contributed by atoms with Crippen molar-refractivity contribution in [1.82, 2.24) is 4.98 Å². The van der Waals surface area contributed by atoms with Gasteiger partial charge in [0, 0.05) is 11.2 Å². The number of halogens is 1. The molecule has 1 aromatic heterocycles. The summed E-state index contributed by atoms with van der Waals surface area (Å²) in [4.78, 5) is 4.10. The number of hydrogen-bond donors (Lipinski definition) is 1. The monoisotopic (exact) mass is 273 g/mol. The molecule has 0 atom stereocenters. The van der Waals surface area contributed by atoms with Crippen LogP contribution in [0.1, 0.15) is 5.56 Å². The number of hydrogen-bond acceptors (Lipinski definition) is 4. The molecule has 1 heterocycles. The Morgan fingerprint density at radius 2 is 2.00 bits per heavy atom. The molecule has 1 N–H and O–H groups in total. The molecule has 96 valence electrons. The Labute approximate surface area is 116 Å². The van der Waals surface area contributed by atoms with Crippen molar-refractivity contribution < 1.29 is 4.74 Å². The van der Waals surface area contributed by atoms with Gasteiger partial charge in [-0.3, -0.25) is 0 Å². The van der Waals surface area contributed by atoms with Crippen LogP contribution in [0.4, 0.5) is 5.82 Å². The number of pyridine rings is 1. The third kappa shape index (κ3) is 4.16. The smallest absolute Gasteiger partial charge is 0.126 e. The lowest BCUT2D eigenvalue weighted by molar-refractivity contribution is 0.333. The number of aromatic nitrogens is 1. The predicted octanol–water partition coefficient (Wildman–Crippen LogP) is 3.10. The summed E-state index contributed by atoms with van der Waals surface area (Å²) in [6.07, 6.45) is 1.53. The topological polar surface area (TPSA) is 57.9 Å². The lowest BCUT2D eigenvalue weighted by atomic mass is 10.3. The highest BCUT2D eigenvalue weighted by Crippen LogP contribution is 2.15. The van der Waals surface area contributed by atoms with Crippen molar-refractivity contribution in [3.05, 3.63) is 53.2 Å². The predicted molar refractivity (Wildman–Crippen MR) is 74.4 cm³/mol. The highest BCUT2D eigenvalue weighted by atomic mass is 35.5. The van der Waals surface area contributed by atoms with Crippen LogP contribution in [0.3, 0.4) is 0 Å².